The van der Waals surface area contributed by atoms with Crippen molar-refractivity contribution in [2.24, 2.45) is 5.73 Å². The Morgan fingerprint density at radius 3 is 2.53 bits per heavy atom. The number of hydrogen-bond donors (Lipinski definition) is 1. The van der Waals surface area contributed by atoms with Crippen LogP contribution in [0.3, 0.4) is 0 Å². The summed E-state index contributed by atoms with van der Waals surface area (Å²) in [7, 11) is 1.67. The quantitative estimate of drug-likeness (QED) is 0.898. The molecular weight excluding hydrogens is 326 g/mol. The van der Waals surface area contributed by atoms with E-state index in [1.165, 1.54) is 0 Å². The average Bonchev–Trinajstić information content (AvgIpc) is 2.39. The number of benzene rings is 2. The SMILES string of the molecule is COc1ccc(Br)cc1CC(N)c1ccc(Cl)cc1. The smallest absolute Gasteiger partial charge is 0.122 e. The minimum Gasteiger partial charge on any atom is -0.496 e. The van der Waals surface area contributed by atoms with E-state index in [0.29, 0.717) is 6.42 Å². The van der Waals surface area contributed by atoms with Gasteiger partial charge < -0.3 is 10.5 Å². The van der Waals surface area contributed by atoms with Crippen LogP contribution in [0, 0.1) is 0 Å². The van der Waals surface area contributed by atoms with E-state index in [2.05, 4.69) is 15.9 Å². The van der Waals surface area contributed by atoms with Crippen LogP contribution in [-0.4, -0.2) is 7.11 Å². The van der Waals surface area contributed by atoms with E-state index in [9.17, 15) is 0 Å². The number of halogens is 2. The first-order valence-corrected chi connectivity index (χ1v) is 7.10. The van der Waals surface area contributed by atoms with Gasteiger partial charge in [0, 0.05) is 15.5 Å². The van der Waals surface area contributed by atoms with Crippen LogP contribution in [0.5, 0.6) is 5.75 Å². The monoisotopic (exact) mass is 339 g/mol. The molecule has 0 bridgehead atoms. The molecule has 2 aromatic carbocycles. The molecule has 0 saturated heterocycles. The van der Waals surface area contributed by atoms with Gasteiger partial charge in [0.05, 0.1) is 7.11 Å². The van der Waals surface area contributed by atoms with Crippen molar-refractivity contribution < 1.29 is 4.74 Å². The van der Waals surface area contributed by atoms with Crippen molar-refractivity contribution in [3.8, 4) is 5.75 Å². The van der Waals surface area contributed by atoms with Crippen molar-refractivity contribution in [1.29, 1.82) is 0 Å². The number of nitrogens with two attached hydrogens (primary N) is 1. The highest BCUT2D eigenvalue weighted by Gasteiger charge is 2.11. The minimum atomic E-state index is -0.0829. The fourth-order valence-electron chi connectivity index (χ4n) is 1.97. The largest absolute Gasteiger partial charge is 0.496 e. The standard InChI is InChI=1S/C15H15BrClNO/c1-19-15-7-4-12(16)8-11(15)9-14(18)10-2-5-13(17)6-3-10/h2-8,14H,9,18H2,1H3. The Bertz CT molecular complexity index is 557. The summed E-state index contributed by atoms with van der Waals surface area (Å²) in [4.78, 5) is 0. The number of rotatable bonds is 4. The van der Waals surface area contributed by atoms with E-state index in [1.807, 2.05) is 42.5 Å². The summed E-state index contributed by atoms with van der Waals surface area (Å²) in [5.41, 5.74) is 8.38. The second-order valence-electron chi connectivity index (χ2n) is 4.32. The molecule has 0 heterocycles. The summed E-state index contributed by atoms with van der Waals surface area (Å²) in [5, 5.41) is 0.719. The average molecular weight is 341 g/mol. The molecule has 0 amide bonds. The second-order valence-corrected chi connectivity index (χ2v) is 5.67. The lowest BCUT2D eigenvalue weighted by Gasteiger charge is -2.15. The Balaban J connectivity index is 2.20. The molecule has 0 aliphatic carbocycles. The Kier molecular flexibility index (Phi) is 4.86. The highest BCUT2D eigenvalue weighted by atomic mass is 79.9. The van der Waals surface area contributed by atoms with Crippen molar-refractivity contribution >= 4 is 27.5 Å². The van der Waals surface area contributed by atoms with Crippen LogP contribution in [-0.2, 0) is 6.42 Å². The van der Waals surface area contributed by atoms with Gasteiger partial charge in [-0.25, -0.2) is 0 Å². The molecule has 0 aromatic heterocycles. The van der Waals surface area contributed by atoms with Gasteiger partial charge in [-0.1, -0.05) is 39.7 Å². The second kappa shape index (κ2) is 6.42. The van der Waals surface area contributed by atoms with Crippen molar-refractivity contribution in [2.45, 2.75) is 12.5 Å². The van der Waals surface area contributed by atoms with E-state index >= 15 is 0 Å². The zero-order chi connectivity index (χ0) is 13.8. The molecule has 2 aromatic rings. The van der Waals surface area contributed by atoms with Gasteiger partial charge in [-0.2, -0.15) is 0 Å². The van der Waals surface area contributed by atoms with Gasteiger partial charge in [-0.3, -0.25) is 0 Å². The first kappa shape index (κ1) is 14.4. The van der Waals surface area contributed by atoms with Gasteiger partial charge in [0.1, 0.15) is 5.75 Å². The van der Waals surface area contributed by atoms with Gasteiger partial charge in [0.25, 0.3) is 0 Å². The lowest BCUT2D eigenvalue weighted by molar-refractivity contribution is 0.408. The summed E-state index contributed by atoms with van der Waals surface area (Å²) in [6, 6.07) is 13.5. The molecule has 1 unspecified atom stereocenters. The van der Waals surface area contributed by atoms with Crippen LogP contribution in [0.1, 0.15) is 17.2 Å². The first-order valence-electron chi connectivity index (χ1n) is 5.93. The van der Waals surface area contributed by atoms with Crippen LogP contribution in [0.15, 0.2) is 46.9 Å². The van der Waals surface area contributed by atoms with Crippen LogP contribution in [0.25, 0.3) is 0 Å². The summed E-state index contributed by atoms with van der Waals surface area (Å²) in [5.74, 6) is 0.854. The maximum Gasteiger partial charge on any atom is 0.122 e. The zero-order valence-corrected chi connectivity index (χ0v) is 12.9. The Morgan fingerprint density at radius 1 is 1.21 bits per heavy atom. The highest BCUT2D eigenvalue weighted by molar-refractivity contribution is 9.10. The molecule has 1 atom stereocenters. The molecule has 2 N–H and O–H groups in total. The molecule has 0 spiro atoms. The summed E-state index contributed by atoms with van der Waals surface area (Å²) < 4.78 is 6.38. The highest BCUT2D eigenvalue weighted by Crippen LogP contribution is 2.27. The topological polar surface area (TPSA) is 35.2 Å². The fraction of sp³-hybridized carbons (Fsp3) is 0.200. The van der Waals surface area contributed by atoms with E-state index in [4.69, 9.17) is 22.1 Å². The molecule has 0 aliphatic rings. The van der Waals surface area contributed by atoms with Gasteiger partial charge in [0.2, 0.25) is 0 Å². The van der Waals surface area contributed by atoms with E-state index < -0.39 is 0 Å². The molecular formula is C15H15BrClNO. The molecule has 19 heavy (non-hydrogen) atoms. The fourth-order valence-corrected chi connectivity index (χ4v) is 2.51. The van der Waals surface area contributed by atoms with Crippen LogP contribution < -0.4 is 10.5 Å². The summed E-state index contributed by atoms with van der Waals surface area (Å²) in [6.07, 6.45) is 0.713. The molecule has 2 rings (SSSR count). The Labute approximate surface area is 126 Å². The third-order valence-electron chi connectivity index (χ3n) is 2.98. The summed E-state index contributed by atoms with van der Waals surface area (Å²) >= 11 is 9.35. The predicted octanol–water partition coefficient (Wildman–Crippen LogP) is 4.35. The van der Waals surface area contributed by atoms with Crippen molar-refractivity contribution in [1.82, 2.24) is 0 Å². The Hall–Kier alpha value is -1.03. The number of hydrogen-bond acceptors (Lipinski definition) is 2. The molecule has 4 heteroatoms. The number of methoxy groups -OCH3 is 1. The molecule has 0 aliphatic heterocycles. The van der Waals surface area contributed by atoms with Crippen molar-refractivity contribution in [3.05, 3.63) is 63.1 Å². The van der Waals surface area contributed by atoms with Crippen LogP contribution >= 0.6 is 27.5 Å². The Morgan fingerprint density at radius 2 is 1.89 bits per heavy atom. The van der Waals surface area contributed by atoms with E-state index in [1.54, 1.807) is 7.11 Å². The van der Waals surface area contributed by atoms with Crippen LogP contribution in [0.2, 0.25) is 5.02 Å². The first-order chi connectivity index (χ1) is 9.10. The van der Waals surface area contributed by atoms with Crippen molar-refractivity contribution in [2.75, 3.05) is 7.11 Å². The van der Waals surface area contributed by atoms with E-state index in [0.717, 1.165) is 26.4 Å². The number of ether oxygens (including phenoxy) is 1. The van der Waals surface area contributed by atoms with Gasteiger partial charge in [0.15, 0.2) is 0 Å². The lowest BCUT2D eigenvalue weighted by Crippen LogP contribution is -2.13. The molecule has 100 valence electrons. The molecule has 0 saturated carbocycles. The predicted molar refractivity (Wildman–Crippen MR) is 82.8 cm³/mol. The lowest BCUT2D eigenvalue weighted by atomic mass is 9.99. The zero-order valence-electron chi connectivity index (χ0n) is 10.6. The van der Waals surface area contributed by atoms with Gasteiger partial charge >= 0.3 is 0 Å². The van der Waals surface area contributed by atoms with Gasteiger partial charge in [-0.05, 0) is 47.9 Å². The molecule has 0 radical (unpaired) electrons. The molecule has 0 fully saturated rings. The normalized spacial score (nSPS) is 12.2. The van der Waals surface area contributed by atoms with Crippen LogP contribution in [0.4, 0.5) is 0 Å². The van der Waals surface area contributed by atoms with Gasteiger partial charge in [-0.15, -0.1) is 0 Å². The maximum atomic E-state index is 6.24. The molecule has 2 nitrogen and oxygen atoms in total. The summed E-state index contributed by atoms with van der Waals surface area (Å²) in [6.45, 7) is 0. The third kappa shape index (κ3) is 3.72. The minimum absolute atomic E-state index is 0.0829. The van der Waals surface area contributed by atoms with E-state index in [-0.39, 0.29) is 6.04 Å². The van der Waals surface area contributed by atoms with Crippen molar-refractivity contribution in [3.63, 3.8) is 0 Å². The third-order valence-corrected chi connectivity index (χ3v) is 3.73. The maximum absolute atomic E-state index is 6.24.